The Hall–Kier alpha value is -3.17. The van der Waals surface area contributed by atoms with Crippen molar-refractivity contribution < 1.29 is 0 Å². The Morgan fingerprint density at radius 1 is 1.00 bits per heavy atom. The van der Waals surface area contributed by atoms with Gasteiger partial charge in [-0.1, -0.05) is 72.8 Å². The van der Waals surface area contributed by atoms with Crippen LogP contribution in [-0.4, -0.2) is 11.5 Å². The van der Waals surface area contributed by atoms with Crippen molar-refractivity contribution in [3.8, 4) is 11.3 Å². The van der Waals surface area contributed by atoms with Crippen LogP contribution >= 0.6 is 11.3 Å². The monoisotopic (exact) mass is 436 g/mol. The summed E-state index contributed by atoms with van der Waals surface area (Å²) in [6.07, 6.45) is 1.94. The lowest BCUT2D eigenvalue weighted by atomic mass is 9.98. The Balaban J connectivity index is 1.41. The van der Waals surface area contributed by atoms with E-state index < -0.39 is 0 Å². The topological polar surface area (TPSA) is 16.1 Å². The van der Waals surface area contributed by atoms with Crippen LogP contribution in [0.2, 0.25) is 0 Å². The van der Waals surface area contributed by atoms with Gasteiger partial charge in [-0.25, -0.2) is 4.98 Å². The minimum Gasteiger partial charge on any atom is -0.341 e. The highest BCUT2D eigenvalue weighted by molar-refractivity contribution is 7.12. The van der Waals surface area contributed by atoms with Crippen molar-refractivity contribution in [1.82, 2.24) is 4.98 Å². The number of para-hydroxylation sites is 1. The maximum atomic E-state index is 4.85. The van der Waals surface area contributed by atoms with Crippen molar-refractivity contribution in [1.29, 1.82) is 0 Å². The van der Waals surface area contributed by atoms with Gasteiger partial charge in [0.05, 0.1) is 16.4 Å². The van der Waals surface area contributed by atoms with Crippen molar-refractivity contribution >= 4 is 22.7 Å². The van der Waals surface area contributed by atoms with Crippen LogP contribution in [-0.2, 0) is 12.8 Å². The lowest BCUT2D eigenvalue weighted by molar-refractivity contribution is 0.945. The molecule has 3 aromatic carbocycles. The van der Waals surface area contributed by atoms with E-state index in [4.69, 9.17) is 4.98 Å². The third-order valence-corrected chi connectivity index (χ3v) is 7.35. The number of fused-ring (bicyclic) bond motifs is 3. The van der Waals surface area contributed by atoms with Crippen LogP contribution in [0.4, 0.5) is 5.69 Å². The third-order valence-electron chi connectivity index (χ3n) is 6.32. The fraction of sp³-hybridized carbons (Fsp3) is 0.207. The van der Waals surface area contributed by atoms with Gasteiger partial charge < -0.3 is 4.90 Å². The number of aromatic nitrogens is 1. The number of thiazole rings is 1. The Morgan fingerprint density at radius 3 is 2.56 bits per heavy atom. The normalized spacial score (nSPS) is 12.8. The smallest absolute Gasteiger partial charge is 0.0904 e. The molecular weight excluding hydrogens is 408 g/mol. The first-order valence-corrected chi connectivity index (χ1v) is 12.0. The number of hydrogen-bond donors (Lipinski definition) is 0. The zero-order chi connectivity index (χ0) is 22.2. The molecule has 0 spiro atoms. The summed E-state index contributed by atoms with van der Waals surface area (Å²) in [6, 6.07) is 24.2. The number of benzene rings is 3. The molecule has 32 heavy (non-hydrogen) atoms. The summed E-state index contributed by atoms with van der Waals surface area (Å²) in [6.45, 7) is 11.9. The van der Waals surface area contributed by atoms with Crippen molar-refractivity contribution in [2.24, 2.45) is 0 Å². The second kappa shape index (κ2) is 8.40. The molecule has 0 aliphatic carbocycles. The number of anilines is 1. The summed E-state index contributed by atoms with van der Waals surface area (Å²) in [4.78, 5) is 8.57. The predicted molar refractivity (Wildman–Crippen MR) is 138 cm³/mol. The molecule has 3 heteroatoms. The molecule has 4 aromatic rings. The molecule has 0 saturated carbocycles. The van der Waals surface area contributed by atoms with E-state index in [0.29, 0.717) is 0 Å². The first-order valence-electron chi connectivity index (χ1n) is 11.2. The number of rotatable bonds is 4. The van der Waals surface area contributed by atoms with Crippen molar-refractivity contribution in [3.63, 3.8) is 0 Å². The molecule has 0 saturated heterocycles. The molecule has 0 amide bonds. The molecule has 2 heterocycles. The number of hydrogen-bond acceptors (Lipinski definition) is 3. The van der Waals surface area contributed by atoms with Gasteiger partial charge in [-0.3, -0.25) is 0 Å². The molecule has 1 aliphatic rings. The van der Waals surface area contributed by atoms with Crippen LogP contribution in [0.25, 0.3) is 17.0 Å². The molecule has 0 unspecified atom stereocenters. The average molecular weight is 437 g/mol. The van der Waals surface area contributed by atoms with Gasteiger partial charge in [-0.15, -0.1) is 11.3 Å². The van der Waals surface area contributed by atoms with Crippen LogP contribution in [0.3, 0.4) is 0 Å². The molecule has 160 valence electrons. The first-order chi connectivity index (χ1) is 15.5. The van der Waals surface area contributed by atoms with E-state index in [1.54, 1.807) is 0 Å². The van der Waals surface area contributed by atoms with E-state index in [2.05, 4.69) is 99.0 Å². The average Bonchev–Trinajstić information content (AvgIpc) is 3.09. The minimum absolute atomic E-state index is 0.912. The van der Waals surface area contributed by atoms with Crippen molar-refractivity contribution in [2.45, 2.75) is 33.6 Å². The largest absolute Gasteiger partial charge is 0.341 e. The van der Waals surface area contributed by atoms with Crippen molar-refractivity contribution in [2.75, 3.05) is 11.4 Å². The molecule has 0 atom stereocenters. The predicted octanol–water partition coefficient (Wildman–Crippen LogP) is 7.36. The van der Waals surface area contributed by atoms with Gasteiger partial charge >= 0.3 is 0 Å². The Kier molecular flexibility index (Phi) is 5.44. The number of aryl methyl sites for hydroxylation is 3. The van der Waals surface area contributed by atoms with Crippen LogP contribution < -0.4 is 4.90 Å². The summed E-state index contributed by atoms with van der Waals surface area (Å²) < 4.78 is 0. The Bertz CT molecular complexity index is 1300. The molecule has 5 rings (SSSR count). The van der Waals surface area contributed by atoms with Gasteiger partial charge in [-0.05, 0) is 55.5 Å². The lowest BCUT2D eigenvalue weighted by Gasteiger charge is -2.27. The van der Waals surface area contributed by atoms with E-state index in [9.17, 15) is 0 Å². The van der Waals surface area contributed by atoms with Gasteiger partial charge in [0.25, 0.3) is 0 Å². The van der Waals surface area contributed by atoms with Crippen LogP contribution in [0, 0.1) is 20.8 Å². The summed E-state index contributed by atoms with van der Waals surface area (Å²) >= 11 is 1.81. The first kappa shape index (κ1) is 20.7. The highest BCUT2D eigenvalue weighted by Gasteiger charge is 2.24. The highest BCUT2D eigenvalue weighted by Crippen LogP contribution is 2.40. The SMILES string of the molecule is C=C(c1ccc(Cc2ccc(C)cc2C)cc1)N1CCc2sc(C)nc2-c2ccccc21. The maximum Gasteiger partial charge on any atom is 0.0904 e. The standard InChI is InChI=1S/C29H28N2S/c1-19-9-12-25(20(2)17-19)18-23-10-13-24(14-11-23)21(3)31-16-15-28-29(30-22(4)32-28)26-7-5-6-8-27(26)31/h5-14,17H,3,15-16,18H2,1-2,4H3. The summed E-state index contributed by atoms with van der Waals surface area (Å²) in [5.74, 6) is 0. The Morgan fingerprint density at radius 2 is 1.78 bits per heavy atom. The molecule has 2 nitrogen and oxygen atoms in total. The van der Waals surface area contributed by atoms with E-state index in [1.807, 2.05) is 11.3 Å². The van der Waals surface area contributed by atoms with Gasteiger partial charge in [0.15, 0.2) is 0 Å². The maximum absolute atomic E-state index is 4.85. The van der Waals surface area contributed by atoms with Crippen LogP contribution in [0.1, 0.15) is 37.7 Å². The summed E-state index contributed by atoms with van der Waals surface area (Å²) in [5.41, 5.74) is 11.1. The van der Waals surface area contributed by atoms with Crippen LogP contribution in [0.5, 0.6) is 0 Å². The van der Waals surface area contributed by atoms with Gasteiger partial charge in [0.2, 0.25) is 0 Å². The fourth-order valence-electron chi connectivity index (χ4n) is 4.61. The summed E-state index contributed by atoms with van der Waals surface area (Å²) in [7, 11) is 0. The molecular formula is C29H28N2S. The highest BCUT2D eigenvalue weighted by atomic mass is 32.1. The van der Waals surface area contributed by atoms with Gasteiger partial charge in [0.1, 0.15) is 0 Å². The second-order valence-corrected chi connectivity index (χ2v) is 9.96. The Labute approximate surface area is 194 Å². The van der Waals surface area contributed by atoms with E-state index in [0.717, 1.165) is 35.8 Å². The zero-order valence-electron chi connectivity index (χ0n) is 19.0. The molecule has 0 bridgehead atoms. The minimum atomic E-state index is 0.912. The summed E-state index contributed by atoms with van der Waals surface area (Å²) in [5, 5.41) is 1.14. The van der Waals surface area contributed by atoms with E-state index in [1.165, 1.54) is 43.9 Å². The van der Waals surface area contributed by atoms with E-state index >= 15 is 0 Å². The van der Waals surface area contributed by atoms with Crippen molar-refractivity contribution in [3.05, 3.63) is 111 Å². The molecule has 1 aliphatic heterocycles. The zero-order valence-corrected chi connectivity index (χ0v) is 19.8. The molecule has 0 fully saturated rings. The van der Waals surface area contributed by atoms with Gasteiger partial charge in [-0.2, -0.15) is 0 Å². The fourth-order valence-corrected chi connectivity index (χ4v) is 5.55. The quantitative estimate of drug-likeness (QED) is 0.332. The number of nitrogens with zero attached hydrogens (tertiary/aromatic N) is 2. The lowest BCUT2D eigenvalue weighted by Crippen LogP contribution is -2.23. The third kappa shape index (κ3) is 3.89. The molecule has 1 aromatic heterocycles. The van der Waals surface area contributed by atoms with E-state index in [-0.39, 0.29) is 0 Å². The van der Waals surface area contributed by atoms with Crippen LogP contribution in [0.15, 0.2) is 73.3 Å². The van der Waals surface area contributed by atoms with Gasteiger partial charge in [0, 0.05) is 29.1 Å². The second-order valence-electron chi connectivity index (χ2n) is 8.67. The molecule has 0 N–H and O–H groups in total. The molecule has 0 radical (unpaired) electrons.